The maximum Gasteiger partial charge on any atom is 0.271 e. The molecule has 0 radical (unpaired) electrons. The topological polar surface area (TPSA) is 55.2 Å². The molecule has 1 aromatic carbocycles. The van der Waals surface area contributed by atoms with Crippen LogP contribution in [-0.2, 0) is 6.54 Å². The highest BCUT2D eigenvalue weighted by Crippen LogP contribution is 2.33. The van der Waals surface area contributed by atoms with Gasteiger partial charge in [0.05, 0.1) is 19.4 Å². The average molecular weight is 427 g/mol. The first-order valence-corrected chi connectivity index (χ1v) is 7.87. The van der Waals surface area contributed by atoms with Crippen molar-refractivity contribution in [3.05, 3.63) is 52.5 Å². The number of anilines is 1. The van der Waals surface area contributed by atoms with E-state index >= 15 is 0 Å². The van der Waals surface area contributed by atoms with E-state index in [-0.39, 0.29) is 5.69 Å². The zero-order chi connectivity index (χ0) is 14.0. The van der Waals surface area contributed by atoms with Crippen LogP contribution in [0.4, 0.5) is 11.4 Å². The molecule has 4 nitrogen and oxygen atoms in total. The number of hydrogen-bond donors (Lipinski definition) is 1. The Bertz CT molecular complexity index is 614. The molecule has 0 atom stereocenters. The van der Waals surface area contributed by atoms with Gasteiger partial charge in [0.1, 0.15) is 0 Å². The van der Waals surface area contributed by atoms with Crippen molar-refractivity contribution in [1.29, 1.82) is 0 Å². The predicted molar refractivity (Wildman–Crippen MR) is 85.2 cm³/mol. The molecule has 2 rings (SSSR count). The molecule has 100 valence electrons. The second-order valence-electron chi connectivity index (χ2n) is 3.61. The standard InChI is InChI=1S/C11H7Br2ClN2O2S/c12-8-4-7(19-11(8)13)5-15-10-2-1-6(16(17)18)3-9(10)14/h1-4,15H,5H2. The number of nitro groups is 1. The van der Waals surface area contributed by atoms with E-state index in [9.17, 15) is 10.1 Å². The Morgan fingerprint density at radius 2 is 2.11 bits per heavy atom. The van der Waals surface area contributed by atoms with Gasteiger partial charge in [-0.3, -0.25) is 10.1 Å². The van der Waals surface area contributed by atoms with Gasteiger partial charge in [0.25, 0.3) is 5.69 Å². The molecule has 0 spiro atoms. The fraction of sp³-hybridized carbons (Fsp3) is 0.0909. The minimum absolute atomic E-state index is 0.0165. The maximum atomic E-state index is 10.6. The van der Waals surface area contributed by atoms with E-state index in [1.807, 2.05) is 6.07 Å². The van der Waals surface area contributed by atoms with E-state index in [4.69, 9.17) is 11.6 Å². The van der Waals surface area contributed by atoms with Gasteiger partial charge >= 0.3 is 0 Å². The Hall–Kier alpha value is -0.630. The summed E-state index contributed by atoms with van der Waals surface area (Å²) in [5, 5.41) is 14.1. The van der Waals surface area contributed by atoms with Crippen molar-refractivity contribution in [2.75, 3.05) is 5.32 Å². The zero-order valence-electron chi connectivity index (χ0n) is 9.32. The van der Waals surface area contributed by atoms with E-state index in [2.05, 4.69) is 37.2 Å². The Morgan fingerprint density at radius 1 is 1.37 bits per heavy atom. The van der Waals surface area contributed by atoms with Gasteiger partial charge in [-0.05, 0) is 44.0 Å². The third-order valence-electron chi connectivity index (χ3n) is 2.31. The Balaban J connectivity index is 2.09. The quantitative estimate of drug-likeness (QED) is 0.523. The Morgan fingerprint density at radius 3 is 2.63 bits per heavy atom. The number of nitrogens with one attached hydrogen (secondary N) is 1. The molecule has 0 aliphatic carbocycles. The zero-order valence-corrected chi connectivity index (χ0v) is 14.1. The summed E-state index contributed by atoms with van der Waals surface area (Å²) in [4.78, 5) is 11.3. The first kappa shape index (κ1) is 14.8. The van der Waals surface area contributed by atoms with Crippen molar-refractivity contribution < 1.29 is 4.92 Å². The van der Waals surface area contributed by atoms with Crippen molar-refractivity contribution in [2.24, 2.45) is 0 Å². The highest BCUT2D eigenvalue weighted by Gasteiger charge is 2.10. The normalized spacial score (nSPS) is 10.5. The number of nitro benzene ring substituents is 1. The van der Waals surface area contributed by atoms with Crippen LogP contribution in [0.1, 0.15) is 4.88 Å². The highest BCUT2D eigenvalue weighted by atomic mass is 79.9. The second kappa shape index (κ2) is 6.21. The Labute approximate surface area is 135 Å². The van der Waals surface area contributed by atoms with Crippen LogP contribution in [0.25, 0.3) is 0 Å². The summed E-state index contributed by atoms with van der Waals surface area (Å²) < 4.78 is 2.03. The predicted octanol–water partition coefficient (Wildman–Crippen LogP) is 5.45. The summed E-state index contributed by atoms with van der Waals surface area (Å²) >= 11 is 14.4. The van der Waals surface area contributed by atoms with Crippen molar-refractivity contribution >= 4 is 66.2 Å². The molecule has 1 aromatic heterocycles. The van der Waals surface area contributed by atoms with Crippen molar-refractivity contribution in [1.82, 2.24) is 0 Å². The molecule has 0 bridgehead atoms. The molecule has 0 amide bonds. The van der Waals surface area contributed by atoms with E-state index < -0.39 is 4.92 Å². The smallest absolute Gasteiger partial charge is 0.271 e. The molecule has 2 aromatic rings. The third kappa shape index (κ3) is 3.68. The lowest BCUT2D eigenvalue weighted by Crippen LogP contribution is -1.98. The maximum absolute atomic E-state index is 10.6. The average Bonchev–Trinajstić information content (AvgIpc) is 2.67. The molecular weight excluding hydrogens is 419 g/mol. The van der Waals surface area contributed by atoms with Gasteiger partial charge in [-0.15, -0.1) is 11.3 Å². The minimum atomic E-state index is -0.469. The molecule has 0 aliphatic heterocycles. The van der Waals surface area contributed by atoms with Gasteiger partial charge in [0.15, 0.2) is 0 Å². The molecule has 0 fully saturated rings. The molecule has 8 heteroatoms. The van der Waals surface area contributed by atoms with Gasteiger partial charge in [-0.1, -0.05) is 11.6 Å². The van der Waals surface area contributed by atoms with E-state index in [0.717, 1.165) is 13.1 Å². The number of hydrogen-bond acceptors (Lipinski definition) is 4. The number of rotatable bonds is 4. The van der Waals surface area contributed by atoms with Gasteiger partial charge in [0.2, 0.25) is 0 Å². The second-order valence-corrected chi connectivity index (χ2v) is 7.33. The number of thiophene rings is 1. The Kier molecular flexibility index (Phi) is 4.83. The van der Waals surface area contributed by atoms with Crippen molar-refractivity contribution in [3.8, 4) is 0 Å². The number of non-ortho nitro benzene ring substituents is 1. The molecule has 0 saturated heterocycles. The lowest BCUT2D eigenvalue weighted by Gasteiger charge is -2.06. The number of nitrogens with zero attached hydrogens (tertiary/aromatic N) is 1. The molecular formula is C11H7Br2ClN2O2S. The van der Waals surface area contributed by atoms with Crippen LogP contribution in [0, 0.1) is 10.1 Å². The van der Waals surface area contributed by atoms with Gasteiger partial charge in [-0.2, -0.15) is 0 Å². The molecule has 19 heavy (non-hydrogen) atoms. The number of benzene rings is 1. The van der Waals surface area contributed by atoms with Gasteiger partial charge in [-0.25, -0.2) is 0 Å². The fourth-order valence-electron chi connectivity index (χ4n) is 1.42. The van der Waals surface area contributed by atoms with Gasteiger partial charge < -0.3 is 5.32 Å². The van der Waals surface area contributed by atoms with Crippen LogP contribution < -0.4 is 5.32 Å². The van der Waals surface area contributed by atoms with Crippen LogP contribution in [0.5, 0.6) is 0 Å². The monoisotopic (exact) mass is 424 g/mol. The summed E-state index contributed by atoms with van der Waals surface area (Å²) in [6.07, 6.45) is 0. The van der Waals surface area contributed by atoms with Crippen LogP contribution in [0.3, 0.4) is 0 Å². The summed E-state index contributed by atoms with van der Waals surface area (Å²) in [6.45, 7) is 0.604. The van der Waals surface area contributed by atoms with Crippen LogP contribution in [0.2, 0.25) is 5.02 Å². The highest BCUT2D eigenvalue weighted by molar-refractivity contribution is 9.13. The summed E-state index contributed by atoms with van der Waals surface area (Å²) in [7, 11) is 0. The van der Waals surface area contributed by atoms with Crippen molar-refractivity contribution in [2.45, 2.75) is 6.54 Å². The first-order chi connectivity index (χ1) is 8.97. The largest absolute Gasteiger partial charge is 0.379 e. The molecule has 1 heterocycles. The summed E-state index contributed by atoms with van der Waals surface area (Å²) in [5.74, 6) is 0. The molecule has 0 saturated carbocycles. The van der Waals surface area contributed by atoms with E-state index in [1.54, 1.807) is 17.4 Å². The van der Waals surface area contributed by atoms with Crippen LogP contribution in [0.15, 0.2) is 32.5 Å². The fourth-order valence-corrected chi connectivity index (χ4v) is 3.78. The van der Waals surface area contributed by atoms with E-state index in [0.29, 0.717) is 17.3 Å². The first-order valence-electron chi connectivity index (χ1n) is 5.09. The molecule has 0 unspecified atom stereocenters. The minimum Gasteiger partial charge on any atom is -0.379 e. The lowest BCUT2D eigenvalue weighted by atomic mass is 10.3. The van der Waals surface area contributed by atoms with Crippen LogP contribution in [-0.4, -0.2) is 4.92 Å². The lowest BCUT2D eigenvalue weighted by molar-refractivity contribution is -0.384. The number of halogens is 3. The van der Waals surface area contributed by atoms with Crippen molar-refractivity contribution in [3.63, 3.8) is 0 Å². The summed E-state index contributed by atoms with van der Waals surface area (Å²) in [5.41, 5.74) is 0.657. The summed E-state index contributed by atoms with van der Waals surface area (Å²) in [6, 6.07) is 6.37. The van der Waals surface area contributed by atoms with Crippen LogP contribution >= 0.6 is 54.8 Å². The SMILES string of the molecule is O=[N+]([O-])c1ccc(NCc2cc(Br)c(Br)s2)c(Cl)c1. The van der Waals surface area contributed by atoms with Gasteiger partial charge in [0, 0.05) is 28.0 Å². The molecule has 0 aliphatic rings. The van der Waals surface area contributed by atoms with E-state index in [1.165, 1.54) is 12.1 Å². The third-order valence-corrected chi connectivity index (χ3v) is 5.88. The molecule has 1 N–H and O–H groups in total.